The van der Waals surface area contributed by atoms with Crippen molar-refractivity contribution in [1.82, 2.24) is 4.90 Å². The molecule has 0 aromatic heterocycles. The molecule has 0 aliphatic heterocycles. The first-order chi connectivity index (χ1) is 8.66. The van der Waals surface area contributed by atoms with E-state index in [0.717, 1.165) is 0 Å². The molecule has 0 aromatic rings. The monoisotopic (exact) mass is 367 g/mol. The van der Waals surface area contributed by atoms with Crippen molar-refractivity contribution in [3.63, 3.8) is 0 Å². The number of nitrogens with zero attached hydrogens (tertiary/aromatic N) is 1. The van der Waals surface area contributed by atoms with Crippen LogP contribution in [-0.4, -0.2) is 59.1 Å². The van der Waals surface area contributed by atoms with Gasteiger partial charge in [0.2, 0.25) is 0 Å². The molecular weight excluding hydrogens is 358 g/mol. The Morgan fingerprint density at radius 3 is 1.52 bits per heavy atom. The second kappa shape index (κ2) is 18.6. The summed E-state index contributed by atoms with van der Waals surface area (Å²) in [6, 6.07) is -2.29. The van der Waals surface area contributed by atoms with E-state index in [9.17, 15) is 39.6 Å². The molecule has 0 aliphatic carbocycles. The first-order valence-corrected chi connectivity index (χ1v) is 4.90. The number of hydrogen-bond acceptors (Lipinski definition) is 10. The van der Waals surface area contributed by atoms with Crippen LogP contribution in [0.25, 0.3) is 0 Å². The third-order valence-corrected chi connectivity index (χ3v) is 2.11. The molecule has 108 valence electrons. The van der Waals surface area contributed by atoms with E-state index in [1.807, 2.05) is 0 Å². The number of carboxylic acids is 4. The molecule has 14 heteroatoms. The van der Waals surface area contributed by atoms with Crippen molar-refractivity contribution < 1.29 is 163 Å². The van der Waals surface area contributed by atoms with Gasteiger partial charge in [-0.3, -0.25) is 4.90 Å². The molecule has 0 amide bonds. The van der Waals surface area contributed by atoms with Crippen LogP contribution in [0.2, 0.25) is 0 Å². The van der Waals surface area contributed by atoms with Crippen LogP contribution in [0.3, 0.4) is 0 Å². The molecule has 0 saturated carbocycles. The van der Waals surface area contributed by atoms with Crippen LogP contribution in [0.15, 0.2) is 0 Å². The minimum Gasteiger partial charge on any atom is -0.550 e. The molecule has 0 fully saturated rings. The number of aliphatic hydroxyl groups is 1. The molecule has 0 heterocycles. The Morgan fingerprint density at radius 2 is 1.26 bits per heavy atom. The summed E-state index contributed by atoms with van der Waals surface area (Å²) in [5.74, 6) is -7.69. The van der Waals surface area contributed by atoms with Crippen LogP contribution >= 0.6 is 0 Å². The second-order valence-corrected chi connectivity index (χ2v) is 3.49. The average Bonchev–Trinajstić information content (AvgIpc) is 2.24. The maximum Gasteiger partial charge on any atom is 1.00 e. The fourth-order valence-corrected chi connectivity index (χ4v) is 1.32. The zero-order chi connectivity index (χ0) is 15.2. The first-order valence-electron chi connectivity index (χ1n) is 4.90. The van der Waals surface area contributed by atoms with Gasteiger partial charge in [-0.2, -0.15) is 0 Å². The molecule has 0 aromatic carbocycles. The summed E-state index contributed by atoms with van der Waals surface area (Å²) in [4.78, 5) is 42.1. The molecule has 0 radical (unpaired) electrons. The predicted molar refractivity (Wildman–Crippen MR) is 46.0 cm³/mol. The van der Waals surface area contributed by atoms with E-state index in [-0.39, 0.29) is 118 Å². The normalized spacial score (nSPS) is 11.4. The van der Waals surface area contributed by atoms with Crippen LogP contribution in [0.1, 0.15) is 6.42 Å². The number of aliphatic carboxylic acids is 4. The predicted octanol–water partition coefficient (Wildman–Crippen LogP) is -19.6. The van der Waals surface area contributed by atoms with Gasteiger partial charge in [0, 0.05) is 19.1 Å². The topological polar surface area (TPSA) is 184 Å². The average molecular weight is 367 g/mol. The molecule has 0 aliphatic rings. The van der Waals surface area contributed by atoms with Crippen molar-refractivity contribution >= 4 is 23.9 Å². The van der Waals surface area contributed by atoms with Crippen molar-refractivity contribution in [2.24, 2.45) is 0 Å². The Hall–Kier alpha value is 1.80. The largest absolute Gasteiger partial charge is 1.00 e. The summed E-state index contributed by atoms with van der Waals surface area (Å²) in [5, 5.41) is 50.9. The molecule has 0 bridgehead atoms. The zero-order valence-corrected chi connectivity index (χ0v) is 21.4. The Bertz CT molecular complexity index is 395. The smallest absolute Gasteiger partial charge is 0.550 e. The number of aliphatic hydroxyl groups excluding tert-OH is 1. The van der Waals surface area contributed by atoms with Gasteiger partial charge in [-0.25, -0.2) is 0 Å². The van der Waals surface area contributed by atoms with Gasteiger partial charge in [0.25, 0.3) is 0 Å². The van der Waals surface area contributed by atoms with E-state index in [4.69, 9.17) is 5.11 Å². The van der Waals surface area contributed by atoms with Crippen LogP contribution in [0.4, 0.5) is 0 Å². The van der Waals surface area contributed by atoms with Crippen molar-refractivity contribution in [2.45, 2.75) is 18.6 Å². The molecule has 1 unspecified atom stereocenters. The number of carbonyl (C=O) groups excluding carboxylic acids is 4. The minimum atomic E-state index is -2.59. The number of rotatable bonds is 9. The van der Waals surface area contributed by atoms with Gasteiger partial charge in [-0.05, 0) is 6.42 Å². The second-order valence-electron chi connectivity index (χ2n) is 3.49. The quantitative estimate of drug-likeness (QED) is 0.384. The van der Waals surface area contributed by atoms with Crippen molar-refractivity contribution in [3.8, 4) is 0 Å². The van der Waals surface area contributed by atoms with Crippen molar-refractivity contribution in [2.75, 3.05) is 13.1 Å². The zero-order valence-electron chi connectivity index (χ0n) is 13.4. The van der Waals surface area contributed by atoms with Crippen LogP contribution in [-0.2, 0) is 19.2 Å². The van der Waals surface area contributed by atoms with Gasteiger partial charge in [0.15, 0.2) is 0 Å². The number of carbonyl (C=O) groups is 4. The molecule has 0 saturated heterocycles. The summed E-state index contributed by atoms with van der Waals surface area (Å²) in [7, 11) is 0. The molecule has 0 spiro atoms. The summed E-state index contributed by atoms with van der Waals surface area (Å²) in [5.41, 5.74) is 0. The fraction of sp³-hybridized carbons (Fsp3) is 0.556. The summed E-state index contributed by atoms with van der Waals surface area (Å²) >= 11 is 0. The summed E-state index contributed by atoms with van der Waals surface area (Å²) < 4.78 is 0. The van der Waals surface area contributed by atoms with E-state index in [1.54, 1.807) is 0 Å². The van der Waals surface area contributed by atoms with Gasteiger partial charge in [0.1, 0.15) is 6.10 Å². The van der Waals surface area contributed by atoms with E-state index in [1.165, 1.54) is 0 Å². The van der Waals surface area contributed by atoms with E-state index in [0.29, 0.717) is 4.90 Å². The van der Waals surface area contributed by atoms with Gasteiger partial charge in [0.05, 0.1) is 23.9 Å². The Balaban J connectivity index is -0.000000270. The van der Waals surface area contributed by atoms with Crippen molar-refractivity contribution in [1.29, 1.82) is 0 Å². The Labute approximate surface area is 220 Å². The maximum atomic E-state index is 10.7. The molecule has 2 atom stereocenters. The SMILES string of the molecule is O=C([O-])CCN(CC(=O)[O-])[C@H](C(=O)[O-])C(O)C(=O)[O-].[Na+].[Na+].[Na+].[Na+]. The van der Waals surface area contributed by atoms with E-state index >= 15 is 0 Å². The maximum absolute atomic E-state index is 10.7. The summed E-state index contributed by atoms with van der Waals surface area (Å²) in [6.07, 6.45) is -3.37. The Kier molecular flexibility index (Phi) is 29.0. The van der Waals surface area contributed by atoms with Gasteiger partial charge in [-0.1, -0.05) is 0 Å². The molecule has 0 rings (SSSR count). The fourth-order valence-electron chi connectivity index (χ4n) is 1.32. The van der Waals surface area contributed by atoms with Crippen molar-refractivity contribution in [3.05, 3.63) is 0 Å². The Morgan fingerprint density at radius 1 is 0.826 bits per heavy atom. The van der Waals surface area contributed by atoms with Gasteiger partial charge >= 0.3 is 118 Å². The third-order valence-electron chi connectivity index (χ3n) is 2.11. The van der Waals surface area contributed by atoms with Gasteiger partial charge in [-0.15, -0.1) is 0 Å². The number of carboxylic acid groups (broad SMARTS) is 4. The first kappa shape index (κ1) is 35.8. The van der Waals surface area contributed by atoms with E-state index in [2.05, 4.69) is 0 Å². The van der Waals surface area contributed by atoms with Gasteiger partial charge < -0.3 is 44.7 Å². The van der Waals surface area contributed by atoms with Crippen LogP contribution in [0.5, 0.6) is 0 Å². The molecule has 1 N–H and O–H groups in total. The van der Waals surface area contributed by atoms with Crippen LogP contribution in [0, 0.1) is 0 Å². The minimum absolute atomic E-state index is 0. The molecule has 23 heavy (non-hydrogen) atoms. The summed E-state index contributed by atoms with van der Waals surface area (Å²) in [6.45, 7) is -1.81. The molecular formula is C9H9NNa4O9. The van der Waals surface area contributed by atoms with E-state index < -0.39 is 55.5 Å². The molecule has 10 nitrogen and oxygen atoms in total. The third kappa shape index (κ3) is 15.7. The standard InChI is InChI=1S/C9H13NO9.4Na/c11-4(12)1-2-10(3-5(13)14)6(8(16)17)7(15)9(18)19;;;;/h6-7,15H,1-3H2,(H,11,12)(H,13,14)(H,16,17)(H,18,19);;;;/q;4*+1/p-4/t6-,7?;;;;/m0..../s1. The van der Waals surface area contributed by atoms with Crippen LogP contribution < -0.4 is 139 Å². The number of hydrogen-bond donors (Lipinski definition) is 1.